The van der Waals surface area contributed by atoms with Crippen molar-refractivity contribution in [1.82, 2.24) is 0 Å². The average molecular weight is 282 g/mol. The van der Waals surface area contributed by atoms with Crippen LogP contribution in [0.5, 0.6) is 0 Å². The summed E-state index contributed by atoms with van der Waals surface area (Å²) in [4.78, 5) is 13.6. The van der Waals surface area contributed by atoms with Gasteiger partial charge in [0.05, 0.1) is 17.9 Å². The van der Waals surface area contributed by atoms with Crippen LogP contribution in [0, 0.1) is 5.82 Å². The third-order valence-electron chi connectivity index (χ3n) is 3.75. The number of halogens is 1. The summed E-state index contributed by atoms with van der Waals surface area (Å²) in [5.74, 6) is -0.978. The molecule has 0 unspecified atom stereocenters. The molecule has 0 saturated heterocycles. The van der Waals surface area contributed by atoms with Gasteiger partial charge in [-0.15, -0.1) is 0 Å². The van der Waals surface area contributed by atoms with Gasteiger partial charge in [-0.05, 0) is 39.3 Å². The highest BCUT2D eigenvalue weighted by Crippen LogP contribution is 2.30. The van der Waals surface area contributed by atoms with Gasteiger partial charge in [0.25, 0.3) is 0 Å². The summed E-state index contributed by atoms with van der Waals surface area (Å²) in [7, 11) is 1.80. The molecule has 0 radical (unpaired) electrons. The molecule has 1 rings (SSSR count). The quantitative estimate of drug-likeness (QED) is 0.665. The molecule has 0 fully saturated rings. The Hall–Kier alpha value is -1.78. The fourth-order valence-corrected chi connectivity index (χ4v) is 1.78. The SMILES string of the molecule is CCOC(=O)c1cc(N(C)C(C)(C)CC)c(F)cc1N. The maximum Gasteiger partial charge on any atom is 0.340 e. The smallest absolute Gasteiger partial charge is 0.340 e. The van der Waals surface area contributed by atoms with Gasteiger partial charge >= 0.3 is 5.97 Å². The summed E-state index contributed by atoms with van der Waals surface area (Å²) in [5.41, 5.74) is 6.10. The zero-order chi connectivity index (χ0) is 15.5. The first-order valence-corrected chi connectivity index (χ1v) is 6.74. The Bertz CT molecular complexity index is 501. The molecule has 0 amide bonds. The van der Waals surface area contributed by atoms with E-state index >= 15 is 0 Å². The van der Waals surface area contributed by atoms with Crippen LogP contribution in [-0.4, -0.2) is 25.2 Å². The maximum atomic E-state index is 14.1. The summed E-state index contributed by atoms with van der Waals surface area (Å²) in [5, 5.41) is 0. The molecule has 1 aromatic carbocycles. The predicted molar refractivity (Wildman–Crippen MR) is 79.5 cm³/mol. The fourth-order valence-electron chi connectivity index (χ4n) is 1.78. The van der Waals surface area contributed by atoms with E-state index in [2.05, 4.69) is 0 Å². The molecule has 0 aliphatic rings. The average Bonchev–Trinajstić information content (AvgIpc) is 2.38. The molecule has 0 aliphatic heterocycles. The molecule has 4 nitrogen and oxygen atoms in total. The molecule has 2 N–H and O–H groups in total. The number of hydrogen-bond donors (Lipinski definition) is 1. The van der Waals surface area contributed by atoms with Crippen LogP contribution in [0.3, 0.4) is 0 Å². The van der Waals surface area contributed by atoms with Crippen molar-refractivity contribution < 1.29 is 13.9 Å². The van der Waals surface area contributed by atoms with Gasteiger partial charge in [0.1, 0.15) is 5.82 Å². The first-order valence-electron chi connectivity index (χ1n) is 6.74. The van der Waals surface area contributed by atoms with Crippen LogP contribution in [0.1, 0.15) is 44.5 Å². The Morgan fingerprint density at radius 2 is 2.00 bits per heavy atom. The summed E-state index contributed by atoms with van der Waals surface area (Å²) in [6, 6.07) is 2.63. The summed E-state index contributed by atoms with van der Waals surface area (Å²) >= 11 is 0. The Balaban J connectivity index is 3.28. The van der Waals surface area contributed by atoms with Crippen molar-refractivity contribution in [3.63, 3.8) is 0 Å². The molecule has 1 aromatic rings. The van der Waals surface area contributed by atoms with Gasteiger partial charge in [-0.3, -0.25) is 0 Å². The number of anilines is 2. The molecule has 112 valence electrons. The molecule has 0 atom stereocenters. The molecular formula is C15H23FN2O2. The third-order valence-corrected chi connectivity index (χ3v) is 3.75. The molecule has 0 bridgehead atoms. The van der Waals surface area contributed by atoms with Gasteiger partial charge in [0.15, 0.2) is 0 Å². The fraction of sp³-hybridized carbons (Fsp3) is 0.533. The highest BCUT2D eigenvalue weighted by Gasteiger charge is 2.25. The number of ether oxygens (including phenoxy) is 1. The van der Waals surface area contributed by atoms with Gasteiger partial charge in [0.2, 0.25) is 0 Å². The van der Waals surface area contributed by atoms with Crippen molar-refractivity contribution in [2.24, 2.45) is 0 Å². The van der Waals surface area contributed by atoms with Gasteiger partial charge in [0, 0.05) is 18.3 Å². The van der Waals surface area contributed by atoms with Crippen molar-refractivity contribution in [3.8, 4) is 0 Å². The monoisotopic (exact) mass is 282 g/mol. The number of rotatable bonds is 5. The lowest BCUT2D eigenvalue weighted by Gasteiger charge is -2.37. The molecule has 0 heterocycles. The van der Waals surface area contributed by atoms with Gasteiger partial charge in [-0.1, -0.05) is 6.92 Å². The van der Waals surface area contributed by atoms with E-state index in [0.717, 1.165) is 6.42 Å². The summed E-state index contributed by atoms with van der Waals surface area (Å²) in [6.07, 6.45) is 0.835. The van der Waals surface area contributed by atoms with Gasteiger partial charge < -0.3 is 15.4 Å². The van der Waals surface area contributed by atoms with Crippen LogP contribution in [-0.2, 0) is 4.74 Å². The number of carbonyl (C=O) groups is 1. The van der Waals surface area contributed by atoms with E-state index in [0.29, 0.717) is 5.69 Å². The standard InChI is InChI=1S/C15H23FN2O2/c1-6-15(3,4)18(5)13-8-10(14(19)20-7-2)12(17)9-11(13)16/h8-9H,6-7,17H2,1-5H3. The van der Waals surface area contributed by atoms with Crippen LogP contribution in [0.2, 0.25) is 0 Å². The van der Waals surface area contributed by atoms with E-state index < -0.39 is 11.8 Å². The lowest BCUT2D eigenvalue weighted by atomic mass is 9.98. The van der Waals surface area contributed by atoms with Crippen LogP contribution >= 0.6 is 0 Å². The first kappa shape index (κ1) is 16.3. The zero-order valence-electron chi connectivity index (χ0n) is 12.8. The van der Waals surface area contributed by atoms with E-state index in [1.165, 1.54) is 12.1 Å². The molecule has 5 heteroatoms. The van der Waals surface area contributed by atoms with E-state index in [1.54, 1.807) is 14.0 Å². The van der Waals surface area contributed by atoms with Crippen molar-refractivity contribution in [2.45, 2.75) is 39.7 Å². The van der Waals surface area contributed by atoms with Crippen molar-refractivity contribution in [3.05, 3.63) is 23.5 Å². The maximum absolute atomic E-state index is 14.1. The third kappa shape index (κ3) is 3.21. The Labute approximate surface area is 119 Å². The Morgan fingerprint density at radius 3 is 2.50 bits per heavy atom. The lowest BCUT2D eigenvalue weighted by molar-refractivity contribution is 0.0527. The van der Waals surface area contributed by atoms with E-state index in [4.69, 9.17) is 10.5 Å². The highest BCUT2D eigenvalue weighted by molar-refractivity contribution is 5.96. The number of esters is 1. The second-order valence-corrected chi connectivity index (χ2v) is 5.34. The van der Waals surface area contributed by atoms with Gasteiger partial charge in [-0.2, -0.15) is 0 Å². The number of nitrogen functional groups attached to an aromatic ring is 1. The minimum absolute atomic E-state index is 0.0902. The molecule has 0 spiro atoms. The zero-order valence-corrected chi connectivity index (χ0v) is 12.8. The number of nitrogens with zero attached hydrogens (tertiary/aromatic N) is 1. The summed E-state index contributed by atoms with van der Waals surface area (Å²) in [6.45, 7) is 8.00. The van der Waals surface area contributed by atoms with Crippen molar-refractivity contribution in [2.75, 3.05) is 24.3 Å². The van der Waals surface area contributed by atoms with Crippen LogP contribution in [0.4, 0.5) is 15.8 Å². The summed E-state index contributed by atoms with van der Waals surface area (Å²) < 4.78 is 19.1. The second kappa shape index (κ2) is 6.11. The number of carbonyl (C=O) groups excluding carboxylic acids is 1. The largest absolute Gasteiger partial charge is 0.462 e. The number of benzene rings is 1. The minimum Gasteiger partial charge on any atom is -0.462 e. The molecule has 0 saturated carbocycles. The normalized spacial score (nSPS) is 11.3. The van der Waals surface area contributed by atoms with Crippen LogP contribution < -0.4 is 10.6 Å². The van der Waals surface area contributed by atoms with Crippen LogP contribution in [0.25, 0.3) is 0 Å². The molecular weight excluding hydrogens is 259 g/mol. The first-order chi connectivity index (χ1) is 9.24. The molecule has 0 aromatic heterocycles. The van der Waals surface area contributed by atoms with Gasteiger partial charge in [-0.25, -0.2) is 9.18 Å². The van der Waals surface area contributed by atoms with E-state index in [1.807, 2.05) is 25.7 Å². The number of nitrogens with two attached hydrogens (primary N) is 1. The second-order valence-electron chi connectivity index (χ2n) is 5.34. The minimum atomic E-state index is -0.533. The topological polar surface area (TPSA) is 55.6 Å². The predicted octanol–water partition coefficient (Wildman–Crippen LogP) is 3.21. The van der Waals surface area contributed by atoms with Crippen molar-refractivity contribution >= 4 is 17.3 Å². The van der Waals surface area contributed by atoms with E-state index in [-0.39, 0.29) is 23.4 Å². The van der Waals surface area contributed by atoms with Crippen molar-refractivity contribution in [1.29, 1.82) is 0 Å². The number of hydrogen-bond acceptors (Lipinski definition) is 4. The molecule has 0 aliphatic carbocycles. The Kier molecular flexibility index (Phi) is 4.98. The van der Waals surface area contributed by atoms with Crippen LogP contribution in [0.15, 0.2) is 12.1 Å². The lowest BCUT2D eigenvalue weighted by Crippen LogP contribution is -2.41. The van der Waals surface area contributed by atoms with E-state index in [9.17, 15) is 9.18 Å². The highest BCUT2D eigenvalue weighted by atomic mass is 19.1. The Morgan fingerprint density at radius 1 is 1.40 bits per heavy atom. The molecule has 20 heavy (non-hydrogen) atoms.